The highest BCUT2D eigenvalue weighted by molar-refractivity contribution is 7.10. The third kappa shape index (κ3) is 2.28. The molecule has 0 aliphatic carbocycles. The van der Waals surface area contributed by atoms with Crippen LogP contribution in [0, 0.1) is 6.92 Å². The fourth-order valence-electron chi connectivity index (χ4n) is 1.44. The summed E-state index contributed by atoms with van der Waals surface area (Å²) in [6, 6.07) is 7.37. The van der Waals surface area contributed by atoms with Crippen LogP contribution in [0.15, 0.2) is 29.6 Å². The molecule has 84 valence electrons. The number of phenols is 1. The second kappa shape index (κ2) is 4.45. The van der Waals surface area contributed by atoms with Crippen molar-refractivity contribution in [2.75, 3.05) is 11.1 Å². The van der Waals surface area contributed by atoms with Crippen molar-refractivity contribution >= 4 is 22.7 Å². The molecule has 0 saturated carbocycles. The Bertz CT molecular complexity index is 494. The minimum atomic E-state index is 0.321. The summed E-state index contributed by atoms with van der Waals surface area (Å²) >= 11 is 1.64. The van der Waals surface area contributed by atoms with Crippen molar-refractivity contribution in [2.24, 2.45) is 0 Å². The zero-order valence-corrected chi connectivity index (χ0v) is 9.84. The highest BCUT2D eigenvalue weighted by Gasteiger charge is 2.01. The van der Waals surface area contributed by atoms with Crippen molar-refractivity contribution in [1.82, 2.24) is 0 Å². The van der Waals surface area contributed by atoms with E-state index in [-0.39, 0.29) is 0 Å². The average Bonchev–Trinajstić information content (AvgIpc) is 2.66. The summed E-state index contributed by atoms with van der Waals surface area (Å²) in [5, 5.41) is 14.7. The van der Waals surface area contributed by atoms with Crippen LogP contribution < -0.4 is 11.1 Å². The Balaban J connectivity index is 2.05. The molecule has 2 rings (SSSR count). The van der Waals surface area contributed by atoms with Gasteiger partial charge in [0.2, 0.25) is 0 Å². The number of nitrogens with two attached hydrogens (primary N) is 1. The lowest BCUT2D eigenvalue weighted by Crippen LogP contribution is -1.99. The van der Waals surface area contributed by atoms with Crippen LogP contribution in [0.3, 0.4) is 0 Å². The Morgan fingerprint density at radius 1 is 1.38 bits per heavy atom. The quantitative estimate of drug-likeness (QED) is 0.716. The van der Waals surface area contributed by atoms with Gasteiger partial charge in [0.25, 0.3) is 0 Å². The standard InChI is InChI=1S/C12H14N2OS/c1-8-6-9(2-3-11(8)15)14-7-12-10(13)4-5-16-12/h2-6,14-15H,7,13H2,1H3. The summed E-state index contributed by atoms with van der Waals surface area (Å²) in [6.45, 7) is 2.59. The van der Waals surface area contributed by atoms with Crippen molar-refractivity contribution < 1.29 is 5.11 Å². The van der Waals surface area contributed by atoms with Gasteiger partial charge in [-0.1, -0.05) is 0 Å². The number of benzene rings is 1. The van der Waals surface area contributed by atoms with Gasteiger partial charge in [-0.2, -0.15) is 0 Å². The summed E-state index contributed by atoms with van der Waals surface area (Å²) in [5.74, 6) is 0.321. The van der Waals surface area contributed by atoms with Gasteiger partial charge in [0.15, 0.2) is 0 Å². The molecule has 0 aliphatic heterocycles. The van der Waals surface area contributed by atoms with E-state index in [2.05, 4.69) is 5.32 Å². The normalized spacial score (nSPS) is 10.3. The van der Waals surface area contributed by atoms with E-state index in [9.17, 15) is 5.11 Å². The number of anilines is 2. The van der Waals surface area contributed by atoms with Crippen LogP contribution in [0.25, 0.3) is 0 Å². The Morgan fingerprint density at radius 2 is 2.19 bits per heavy atom. The molecule has 1 aromatic heterocycles. The molecule has 4 heteroatoms. The number of nitrogens with one attached hydrogen (secondary N) is 1. The second-order valence-electron chi connectivity index (χ2n) is 3.65. The minimum Gasteiger partial charge on any atom is -0.508 e. The summed E-state index contributed by atoms with van der Waals surface area (Å²) < 4.78 is 0. The molecule has 1 heterocycles. The van der Waals surface area contributed by atoms with E-state index >= 15 is 0 Å². The highest BCUT2D eigenvalue weighted by atomic mass is 32.1. The number of nitrogen functional groups attached to an aromatic ring is 1. The molecule has 0 amide bonds. The van der Waals surface area contributed by atoms with Crippen LogP contribution in [0.2, 0.25) is 0 Å². The van der Waals surface area contributed by atoms with Gasteiger partial charge in [0, 0.05) is 16.3 Å². The fourth-order valence-corrected chi connectivity index (χ4v) is 2.18. The maximum Gasteiger partial charge on any atom is 0.118 e. The summed E-state index contributed by atoms with van der Waals surface area (Å²) in [6.07, 6.45) is 0. The monoisotopic (exact) mass is 234 g/mol. The Hall–Kier alpha value is -1.68. The van der Waals surface area contributed by atoms with E-state index in [0.717, 1.165) is 21.8 Å². The predicted octanol–water partition coefficient (Wildman–Crippen LogP) is 2.96. The molecule has 0 unspecified atom stereocenters. The molecule has 0 fully saturated rings. The van der Waals surface area contributed by atoms with Crippen LogP contribution in [-0.2, 0) is 6.54 Å². The molecule has 0 atom stereocenters. The van der Waals surface area contributed by atoms with Crippen LogP contribution in [0.1, 0.15) is 10.4 Å². The second-order valence-corrected chi connectivity index (χ2v) is 4.65. The van der Waals surface area contributed by atoms with Crippen LogP contribution in [0.5, 0.6) is 5.75 Å². The molecule has 2 aromatic rings. The first kappa shape index (κ1) is 10.8. The lowest BCUT2D eigenvalue weighted by atomic mass is 10.2. The third-order valence-electron chi connectivity index (χ3n) is 2.43. The zero-order valence-electron chi connectivity index (χ0n) is 9.03. The van der Waals surface area contributed by atoms with Gasteiger partial charge < -0.3 is 16.2 Å². The largest absolute Gasteiger partial charge is 0.508 e. The number of thiophene rings is 1. The van der Waals surface area contributed by atoms with Gasteiger partial charge in [0.05, 0.1) is 6.54 Å². The van der Waals surface area contributed by atoms with E-state index in [1.807, 2.05) is 30.5 Å². The third-order valence-corrected chi connectivity index (χ3v) is 3.37. The van der Waals surface area contributed by atoms with Crippen LogP contribution in [0.4, 0.5) is 11.4 Å². The molecular weight excluding hydrogens is 220 g/mol. The number of hydrogen-bond acceptors (Lipinski definition) is 4. The lowest BCUT2D eigenvalue weighted by Gasteiger charge is -2.07. The molecule has 0 saturated heterocycles. The molecule has 0 bridgehead atoms. The highest BCUT2D eigenvalue weighted by Crippen LogP contribution is 2.23. The first-order valence-corrected chi connectivity index (χ1v) is 5.90. The van der Waals surface area contributed by atoms with Crippen LogP contribution >= 0.6 is 11.3 Å². The molecule has 0 spiro atoms. The Kier molecular flexibility index (Phi) is 3.01. The maximum atomic E-state index is 9.39. The molecule has 0 radical (unpaired) electrons. The number of rotatable bonds is 3. The lowest BCUT2D eigenvalue weighted by molar-refractivity contribution is 0.471. The number of aryl methyl sites for hydroxylation is 1. The molecular formula is C12H14N2OS. The number of aromatic hydroxyl groups is 1. The van der Waals surface area contributed by atoms with E-state index in [0.29, 0.717) is 12.3 Å². The summed E-state index contributed by atoms with van der Waals surface area (Å²) in [7, 11) is 0. The van der Waals surface area contributed by atoms with Crippen molar-refractivity contribution in [2.45, 2.75) is 13.5 Å². The summed E-state index contributed by atoms with van der Waals surface area (Å²) in [4.78, 5) is 1.13. The average molecular weight is 234 g/mol. The van der Waals surface area contributed by atoms with Crippen molar-refractivity contribution in [3.8, 4) is 5.75 Å². The molecule has 3 nitrogen and oxygen atoms in total. The molecule has 0 aliphatic rings. The van der Waals surface area contributed by atoms with Gasteiger partial charge >= 0.3 is 0 Å². The molecule has 16 heavy (non-hydrogen) atoms. The van der Waals surface area contributed by atoms with Gasteiger partial charge in [-0.05, 0) is 42.1 Å². The van der Waals surface area contributed by atoms with Crippen LogP contribution in [-0.4, -0.2) is 5.11 Å². The maximum absolute atomic E-state index is 9.39. The van der Waals surface area contributed by atoms with Gasteiger partial charge in [-0.25, -0.2) is 0 Å². The van der Waals surface area contributed by atoms with Crippen molar-refractivity contribution in [3.05, 3.63) is 40.1 Å². The van der Waals surface area contributed by atoms with E-state index in [1.54, 1.807) is 17.4 Å². The Morgan fingerprint density at radius 3 is 2.81 bits per heavy atom. The van der Waals surface area contributed by atoms with Gasteiger partial charge in [0.1, 0.15) is 5.75 Å². The van der Waals surface area contributed by atoms with E-state index in [4.69, 9.17) is 5.73 Å². The van der Waals surface area contributed by atoms with Crippen molar-refractivity contribution in [3.63, 3.8) is 0 Å². The minimum absolute atomic E-state index is 0.321. The summed E-state index contributed by atoms with van der Waals surface area (Å²) in [5.41, 5.74) is 8.47. The Labute approximate surface area is 98.5 Å². The van der Waals surface area contributed by atoms with Gasteiger partial charge in [-0.3, -0.25) is 0 Å². The predicted molar refractivity (Wildman–Crippen MR) is 68.9 cm³/mol. The topological polar surface area (TPSA) is 58.3 Å². The molecule has 1 aromatic carbocycles. The SMILES string of the molecule is Cc1cc(NCc2sccc2N)ccc1O. The number of hydrogen-bond donors (Lipinski definition) is 3. The molecule has 4 N–H and O–H groups in total. The number of phenolic OH excluding ortho intramolecular Hbond substituents is 1. The van der Waals surface area contributed by atoms with Gasteiger partial charge in [-0.15, -0.1) is 11.3 Å². The smallest absolute Gasteiger partial charge is 0.118 e. The zero-order chi connectivity index (χ0) is 11.5. The first-order chi connectivity index (χ1) is 7.66. The van der Waals surface area contributed by atoms with E-state index in [1.165, 1.54) is 0 Å². The first-order valence-electron chi connectivity index (χ1n) is 5.02. The fraction of sp³-hybridized carbons (Fsp3) is 0.167. The van der Waals surface area contributed by atoms with Crippen molar-refractivity contribution in [1.29, 1.82) is 0 Å². The van der Waals surface area contributed by atoms with E-state index < -0.39 is 0 Å².